The molecule has 1 saturated heterocycles. The normalized spacial score (nSPS) is 16.4. The van der Waals surface area contributed by atoms with Gasteiger partial charge in [-0.25, -0.2) is 0 Å². The minimum Gasteiger partial charge on any atom is -0.404 e. The van der Waals surface area contributed by atoms with Crippen molar-refractivity contribution >= 4 is 35.6 Å². The van der Waals surface area contributed by atoms with Crippen LogP contribution in [0.5, 0.6) is 5.75 Å². The molecule has 0 unspecified atom stereocenters. The number of nitrogens with one attached hydrogen (secondary N) is 1. The number of rotatable bonds is 5. The third kappa shape index (κ3) is 7.56. The molecule has 1 aliphatic rings. The Balaban J connectivity index is 0.00000288. The topological polar surface area (TPSA) is 62.9 Å². The lowest BCUT2D eigenvalue weighted by Gasteiger charge is -2.25. The van der Waals surface area contributed by atoms with E-state index in [1.54, 1.807) is 6.07 Å². The Bertz CT molecular complexity index is 534. The van der Waals surface area contributed by atoms with E-state index in [9.17, 15) is 13.2 Å². The smallest absolute Gasteiger partial charge is 0.404 e. The van der Waals surface area contributed by atoms with Crippen molar-refractivity contribution in [2.24, 2.45) is 10.7 Å². The summed E-state index contributed by atoms with van der Waals surface area (Å²) in [6.07, 6.45) is -1.10. The maximum absolute atomic E-state index is 12.4. The van der Waals surface area contributed by atoms with Crippen molar-refractivity contribution in [2.75, 3.05) is 31.5 Å². The van der Waals surface area contributed by atoms with E-state index >= 15 is 0 Å². The van der Waals surface area contributed by atoms with Gasteiger partial charge in [0.1, 0.15) is 0 Å². The zero-order valence-electron chi connectivity index (χ0n) is 13.2. The van der Waals surface area contributed by atoms with Crippen LogP contribution in [0.2, 0.25) is 0 Å². The summed E-state index contributed by atoms with van der Waals surface area (Å²) in [4.78, 5) is 6.46. The summed E-state index contributed by atoms with van der Waals surface area (Å²) in [6, 6.07) is 5.72. The second kappa shape index (κ2) is 9.92. The average molecular weight is 458 g/mol. The quantitative estimate of drug-likeness (QED) is 0.404. The maximum Gasteiger partial charge on any atom is 0.573 e. The molecule has 0 aromatic heterocycles. The van der Waals surface area contributed by atoms with Gasteiger partial charge in [0.25, 0.3) is 0 Å². The molecule has 0 aliphatic carbocycles. The number of hydrogen-bond acceptors (Lipinski definition) is 3. The summed E-state index contributed by atoms with van der Waals surface area (Å²) in [5.41, 5.74) is 5.87. The van der Waals surface area contributed by atoms with E-state index in [0.717, 1.165) is 19.6 Å². The highest BCUT2D eigenvalue weighted by Crippen LogP contribution is 2.29. The molecule has 3 N–H and O–H groups in total. The molecule has 1 aromatic carbocycles. The Morgan fingerprint density at radius 3 is 2.54 bits per heavy atom. The maximum atomic E-state index is 12.4. The molecule has 1 heterocycles. The number of hydrogen-bond donors (Lipinski definition) is 2. The fraction of sp³-hybridized carbons (Fsp3) is 0.533. The molecule has 0 radical (unpaired) electrons. The summed E-state index contributed by atoms with van der Waals surface area (Å²) in [7, 11) is 0. The van der Waals surface area contributed by atoms with Crippen molar-refractivity contribution < 1.29 is 17.9 Å². The van der Waals surface area contributed by atoms with Crippen LogP contribution in [0, 0.1) is 0 Å². The van der Waals surface area contributed by atoms with Crippen molar-refractivity contribution in [3.63, 3.8) is 0 Å². The molecule has 0 bridgehead atoms. The van der Waals surface area contributed by atoms with E-state index in [1.807, 2.05) is 0 Å². The highest BCUT2D eigenvalue weighted by atomic mass is 127. The Morgan fingerprint density at radius 2 is 1.88 bits per heavy atom. The molecule has 9 heteroatoms. The molecule has 24 heavy (non-hydrogen) atoms. The summed E-state index contributed by atoms with van der Waals surface area (Å²) < 4.78 is 41.0. The Labute approximate surface area is 156 Å². The molecular formula is C15H22F3IN4O. The first-order chi connectivity index (χ1) is 10.9. The van der Waals surface area contributed by atoms with Gasteiger partial charge in [-0.1, -0.05) is 18.6 Å². The first kappa shape index (κ1) is 20.8. The van der Waals surface area contributed by atoms with Crippen molar-refractivity contribution in [1.82, 2.24) is 4.90 Å². The van der Waals surface area contributed by atoms with Gasteiger partial charge in [-0.15, -0.1) is 37.1 Å². The van der Waals surface area contributed by atoms with Gasteiger partial charge in [0.05, 0.1) is 12.2 Å². The van der Waals surface area contributed by atoms with Gasteiger partial charge in [0.15, 0.2) is 11.7 Å². The number of halogens is 4. The largest absolute Gasteiger partial charge is 0.573 e. The summed E-state index contributed by atoms with van der Waals surface area (Å²) in [5.74, 6) is -0.269. The predicted molar refractivity (Wildman–Crippen MR) is 98.9 cm³/mol. The number of aliphatic imine (C=N–C) groups is 1. The van der Waals surface area contributed by atoms with E-state index < -0.39 is 6.36 Å². The fourth-order valence-corrected chi connectivity index (χ4v) is 2.46. The molecule has 0 atom stereocenters. The van der Waals surface area contributed by atoms with E-state index in [0.29, 0.717) is 6.54 Å². The minimum absolute atomic E-state index is 0. The first-order valence-corrected chi connectivity index (χ1v) is 7.58. The van der Waals surface area contributed by atoms with Gasteiger partial charge in [-0.05, 0) is 38.1 Å². The van der Waals surface area contributed by atoms with Crippen LogP contribution in [0.1, 0.15) is 19.3 Å². The minimum atomic E-state index is -4.75. The second-order valence-electron chi connectivity index (χ2n) is 5.34. The third-order valence-electron chi connectivity index (χ3n) is 3.52. The zero-order valence-corrected chi connectivity index (χ0v) is 15.5. The number of ether oxygens (including phenoxy) is 1. The SMILES string of the molecule is I.NC(=NCCN1CCCCC1)Nc1ccccc1OC(F)(F)F. The van der Waals surface area contributed by atoms with Gasteiger partial charge in [-0.2, -0.15) is 0 Å². The lowest BCUT2D eigenvalue weighted by atomic mass is 10.1. The van der Waals surface area contributed by atoms with E-state index in [1.165, 1.54) is 37.5 Å². The molecule has 1 fully saturated rings. The van der Waals surface area contributed by atoms with Crippen molar-refractivity contribution in [3.8, 4) is 5.75 Å². The lowest BCUT2D eigenvalue weighted by molar-refractivity contribution is -0.274. The van der Waals surface area contributed by atoms with Crippen LogP contribution in [-0.2, 0) is 0 Å². The number of guanidine groups is 1. The van der Waals surface area contributed by atoms with Gasteiger partial charge in [0.2, 0.25) is 0 Å². The molecule has 0 spiro atoms. The monoisotopic (exact) mass is 458 g/mol. The van der Waals surface area contributed by atoms with E-state index in [2.05, 4.69) is 19.9 Å². The zero-order chi connectivity index (χ0) is 16.7. The highest BCUT2D eigenvalue weighted by Gasteiger charge is 2.32. The summed E-state index contributed by atoms with van der Waals surface area (Å²) in [5, 5.41) is 2.66. The number of nitrogens with two attached hydrogens (primary N) is 1. The number of nitrogens with zero attached hydrogens (tertiary/aromatic N) is 2. The second-order valence-corrected chi connectivity index (χ2v) is 5.34. The third-order valence-corrected chi connectivity index (χ3v) is 3.52. The molecular weight excluding hydrogens is 436 g/mol. The van der Waals surface area contributed by atoms with Crippen LogP contribution in [0.3, 0.4) is 0 Å². The van der Waals surface area contributed by atoms with Crippen LogP contribution in [-0.4, -0.2) is 43.4 Å². The number of alkyl halides is 3. The van der Waals surface area contributed by atoms with Crippen LogP contribution >= 0.6 is 24.0 Å². The summed E-state index contributed by atoms with van der Waals surface area (Å²) >= 11 is 0. The predicted octanol–water partition coefficient (Wildman–Crippen LogP) is 3.42. The van der Waals surface area contributed by atoms with Crippen molar-refractivity contribution in [3.05, 3.63) is 24.3 Å². The van der Waals surface area contributed by atoms with Crippen molar-refractivity contribution in [1.29, 1.82) is 0 Å². The number of benzene rings is 1. The molecule has 1 aliphatic heterocycles. The average Bonchev–Trinajstić information content (AvgIpc) is 2.49. The van der Waals surface area contributed by atoms with Crippen LogP contribution in [0.25, 0.3) is 0 Å². The molecule has 1 aromatic rings. The number of para-hydroxylation sites is 2. The van der Waals surface area contributed by atoms with Crippen LogP contribution in [0.15, 0.2) is 29.3 Å². The molecule has 136 valence electrons. The van der Waals surface area contributed by atoms with E-state index in [-0.39, 0.29) is 41.4 Å². The Morgan fingerprint density at radius 1 is 1.21 bits per heavy atom. The molecule has 2 rings (SSSR count). The van der Waals surface area contributed by atoms with Crippen molar-refractivity contribution in [2.45, 2.75) is 25.6 Å². The first-order valence-electron chi connectivity index (χ1n) is 7.58. The number of piperidine rings is 1. The van der Waals surface area contributed by atoms with Gasteiger partial charge in [0, 0.05) is 6.54 Å². The van der Waals surface area contributed by atoms with Crippen LogP contribution in [0.4, 0.5) is 18.9 Å². The molecule has 5 nitrogen and oxygen atoms in total. The Kier molecular flexibility index (Phi) is 8.60. The van der Waals surface area contributed by atoms with Gasteiger partial charge < -0.3 is 20.7 Å². The lowest BCUT2D eigenvalue weighted by Crippen LogP contribution is -2.32. The van der Waals surface area contributed by atoms with Gasteiger partial charge in [-0.3, -0.25) is 4.99 Å². The highest BCUT2D eigenvalue weighted by molar-refractivity contribution is 14.0. The van der Waals surface area contributed by atoms with Gasteiger partial charge >= 0.3 is 6.36 Å². The number of likely N-dealkylation sites (tertiary alicyclic amines) is 1. The fourth-order valence-electron chi connectivity index (χ4n) is 2.46. The summed E-state index contributed by atoms with van der Waals surface area (Å²) in [6.45, 7) is 3.42. The molecule has 0 saturated carbocycles. The Hall–Kier alpha value is -1.23. The van der Waals surface area contributed by atoms with E-state index in [4.69, 9.17) is 5.73 Å². The van der Waals surface area contributed by atoms with Crippen LogP contribution < -0.4 is 15.8 Å². The molecule has 0 amide bonds. The number of anilines is 1. The standard InChI is InChI=1S/C15H21F3N4O.HI/c16-15(17,18)23-13-7-3-2-6-12(13)21-14(19)20-8-11-22-9-4-1-5-10-22;/h2-3,6-7H,1,4-5,8-11H2,(H3,19,20,21);1H.